The monoisotopic (exact) mass is 244 g/mol. The van der Waals surface area contributed by atoms with E-state index in [1.54, 1.807) is 29.7 Å². The van der Waals surface area contributed by atoms with Gasteiger partial charge in [0.2, 0.25) is 5.82 Å². The van der Waals surface area contributed by atoms with Crippen molar-refractivity contribution in [3.63, 3.8) is 0 Å². The lowest BCUT2D eigenvalue weighted by molar-refractivity contribution is 0.431. The van der Waals surface area contributed by atoms with Crippen molar-refractivity contribution in [1.82, 2.24) is 15.1 Å². The molecule has 0 spiro atoms. The minimum absolute atomic E-state index is 0.395. The van der Waals surface area contributed by atoms with Crippen molar-refractivity contribution in [2.24, 2.45) is 0 Å². The Bertz CT molecular complexity index is 615. The molecular weight excluding hydrogens is 236 g/mol. The smallest absolute Gasteiger partial charge is 0.276 e. The van der Waals surface area contributed by atoms with Crippen LogP contribution < -0.4 is 5.73 Å². The summed E-state index contributed by atoms with van der Waals surface area (Å²) in [6.45, 7) is 0. The summed E-state index contributed by atoms with van der Waals surface area (Å²) in [4.78, 5) is 8.40. The predicted molar refractivity (Wildman–Crippen MR) is 65.3 cm³/mol. The Balaban J connectivity index is 1.98. The fraction of sp³-hybridized carbons (Fsp3) is 0. The second-order valence-corrected chi connectivity index (χ2v) is 4.19. The third kappa shape index (κ3) is 1.90. The third-order valence-electron chi connectivity index (χ3n) is 2.21. The molecule has 0 radical (unpaired) electrons. The summed E-state index contributed by atoms with van der Waals surface area (Å²) >= 11 is 1.59. The van der Waals surface area contributed by atoms with Crippen molar-refractivity contribution >= 4 is 17.0 Å². The topological polar surface area (TPSA) is 77.8 Å². The van der Waals surface area contributed by atoms with Crippen molar-refractivity contribution in [3.8, 4) is 23.0 Å². The van der Waals surface area contributed by atoms with Crippen LogP contribution in [0.25, 0.3) is 23.0 Å². The largest absolute Gasteiger partial charge is 0.397 e. The van der Waals surface area contributed by atoms with Crippen LogP contribution in [-0.2, 0) is 0 Å². The average Bonchev–Trinajstić information content (AvgIpc) is 3.00. The molecule has 84 valence electrons. The van der Waals surface area contributed by atoms with E-state index < -0.39 is 0 Å². The molecule has 3 aromatic heterocycles. The van der Waals surface area contributed by atoms with Crippen LogP contribution in [0.1, 0.15) is 0 Å². The molecule has 0 saturated heterocycles. The highest BCUT2D eigenvalue weighted by atomic mass is 32.1. The summed E-state index contributed by atoms with van der Waals surface area (Å²) < 4.78 is 5.15. The minimum Gasteiger partial charge on any atom is -0.397 e. The van der Waals surface area contributed by atoms with Gasteiger partial charge in [-0.15, -0.1) is 0 Å². The molecule has 0 amide bonds. The van der Waals surface area contributed by atoms with Gasteiger partial charge in [-0.05, 0) is 23.6 Å². The van der Waals surface area contributed by atoms with Gasteiger partial charge in [-0.1, -0.05) is 5.16 Å². The van der Waals surface area contributed by atoms with E-state index in [-0.39, 0.29) is 0 Å². The summed E-state index contributed by atoms with van der Waals surface area (Å²) in [6, 6.07) is 5.44. The number of nitrogens with two attached hydrogens (primary N) is 1. The van der Waals surface area contributed by atoms with E-state index in [1.165, 1.54) is 0 Å². The fourth-order valence-corrected chi connectivity index (χ4v) is 2.00. The average molecular weight is 244 g/mol. The van der Waals surface area contributed by atoms with E-state index in [1.807, 2.05) is 16.8 Å². The Morgan fingerprint density at radius 2 is 2.18 bits per heavy atom. The second kappa shape index (κ2) is 3.99. The molecule has 2 N–H and O–H groups in total. The van der Waals surface area contributed by atoms with Gasteiger partial charge in [0.05, 0.1) is 11.9 Å². The van der Waals surface area contributed by atoms with E-state index in [4.69, 9.17) is 10.3 Å². The Kier molecular flexibility index (Phi) is 2.34. The van der Waals surface area contributed by atoms with E-state index in [9.17, 15) is 0 Å². The lowest BCUT2D eigenvalue weighted by Gasteiger charge is -1.93. The van der Waals surface area contributed by atoms with Gasteiger partial charge >= 0.3 is 0 Å². The standard InChI is InChI=1S/C11H8N4OS/c12-8-1-2-9(13-5-8)11-14-10(15-16-11)7-3-4-17-6-7/h1-6H,12H2. The van der Waals surface area contributed by atoms with Crippen molar-refractivity contribution in [1.29, 1.82) is 0 Å². The van der Waals surface area contributed by atoms with E-state index >= 15 is 0 Å². The van der Waals surface area contributed by atoms with Crippen molar-refractivity contribution < 1.29 is 4.52 Å². The molecule has 0 aromatic carbocycles. The first kappa shape index (κ1) is 9.98. The van der Waals surface area contributed by atoms with E-state index in [2.05, 4.69) is 15.1 Å². The molecule has 6 heteroatoms. The minimum atomic E-state index is 0.395. The SMILES string of the molecule is Nc1ccc(-c2nc(-c3ccsc3)no2)nc1. The van der Waals surface area contributed by atoms with E-state index in [0.717, 1.165) is 5.56 Å². The zero-order valence-electron chi connectivity index (χ0n) is 8.70. The number of pyridine rings is 1. The molecular formula is C11H8N4OS. The maximum Gasteiger partial charge on any atom is 0.276 e. The Morgan fingerprint density at radius 1 is 1.24 bits per heavy atom. The Hall–Kier alpha value is -2.21. The third-order valence-corrected chi connectivity index (χ3v) is 2.89. The van der Waals surface area contributed by atoms with Crippen LogP contribution in [0.3, 0.4) is 0 Å². The van der Waals surface area contributed by atoms with Gasteiger partial charge < -0.3 is 10.3 Å². The lowest BCUT2D eigenvalue weighted by atomic mass is 10.3. The Labute approximate surface area is 101 Å². The first-order chi connectivity index (χ1) is 8.33. The number of hydrogen-bond acceptors (Lipinski definition) is 6. The molecule has 3 rings (SSSR count). The molecule has 0 aliphatic heterocycles. The van der Waals surface area contributed by atoms with Crippen LogP contribution >= 0.6 is 11.3 Å². The van der Waals surface area contributed by atoms with Crippen LogP contribution in [0, 0.1) is 0 Å². The molecule has 5 nitrogen and oxygen atoms in total. The highest BCUT2D eigenvalue weighted by Crippen LogP contribution is 2.22. The molecule has 0 unspecified atom stereocenters. The summed E-state index contributed by atoms with van der Waals surface area (Å²) in [6.07, 6.45) is 1.56. The Morgan fingerprint density at radius 3 is 2.88 bits per heavy atom. The number of hydrogen-bond donors (Lipinski definition) is 1. The first-order valence-electron chi connectivity index (χ1n) is 4.91. The molecule has 0 aliphatic rings. The lowest BCUT2D eigenvalue weighted by Crippen LogP contribution is -1.88. The van der Waals surface area contributed by atoms with Gasteiger partial charge in [-0.3, -0.25) is 0 Å². The zero-order chi connectivity index (χ0) is 11.7. The van der Waals surface area contributed by atoms with Crippen LogP contribution in [0.5, 0.6) is 0 Å². The van der Waals surface area contributed by atoms with Crippen LogP contribution in [0.15, 0.2) is 39.7 Å². The summed E-state index contributed by atoms with van der Waals surface area (Å²) in [5.41, 5.74) is 7.73. The fourth-order valence-electron chi connectivity index (χ4n) is 1.37. The van der Waals surface area contributed by atoms with Crippen molar-refractivity contribution in [2.45, 2.75) is 0 Å². The maximum absolute atomic E-state index is 5.56. The van der Waals surface area contributed by atoms with Gasteiger partial charge in [-0.25, -0.2) is 4.98 Å². The number of rotatable bonds is 2. The van der Waals surface area contributed by atoms with Gasteiger partial charge in [0.15, 0.2) is 0 Å². The van der Waals surface area contributed by atoms with Gasteiger partial charge in [0.25, 0.3) is 5.89 Å². The van der Waals surface area contributed by atoms with Gasteiger partial charge in [0, 0.05) is 10.9 Å². The zero-order valence-corrected chi connectivity index (χ0v) is 9.52. The van der Waals surface area contributed by atoms with Gasteiger partial charge in [0.1, 0.15) is 5.69 Å². The number of aromatic nitrogens is 3. The van der Waals surface area contributed by atoms with Crippen LogP contribution in [0.4, 0.5) is 5.69 Å². The molecule has 3 heterocycles. The summed E-state index contributed by atoms with van der Waals surface area (Å²) in [7, 11) is 0. The highest BCUT2D eigenvalue weighted by Gasteiger charge is 2.11. The van der Waals surface area contributed by atoms with E-state index in [0.29, 0.717) is 23.1 Å². The number of nitrogen functional groups attached to an aromatic ring is 1. The van der Waals surface area contributed by atoms with Crippen molar-refractivity contribution in [3.05, 3.63) is 35.2 Å². The van der Waals surface area contributed by atoms with Gasteiger partial charge in [-0.2, -0.15) is 16.3 Å². The first-order valence-corrected chi connectivity index (χ1v) is 5.85. The molecule has 17 heavy (non-hydrogen) atoms. The molecule has 0 atom stereocenters. The number of anilines is 1. The normalized spacial score (nSPS) is 10.6. The molecule has 0 bridgehead atoms. The van der Waals surface area contributed by atoms with Crippen LogP contribution in [-0.4, -0.2) is 15.1 Å². The number of nitrogens with zero attached hydrogens (tertiary/aromatic N) is 3. The summed E-state index contributed by atoms with van der Waals surface area (Å²) in [5.74, 6) is 0.964. The van der Waals surface area contributed by atoms with Crippen molar-refractivity contribution in [2.75, 3.05) is 5.73 Å². The number of thiophene rings is 1. The van der Waals surface area contributed by atoms with Crippen LogP contribution in [0.2, 0.25) is 0 Å². The quantitative estimate of drug-likeness (QED) is 0.749. The maximum atomic E-state index is 5.56. The summed E-state index contributed by atoms with van der Waals surface area (Å²) in [5, 5.41) is 7.84. The highest BCUT2D eigenvalue weighted by molar-refractivity contribution is 7.08. The molecule has 3 aromatic rings. The molecule has 0 fully saturated rings. The molecule has 0 aliphatic carbocycles. The second-order valence-electron chi connectivity index (χ2n) is 3.41. The molecule has 0 saturated carbocycles. The predicted octanol–water partition coefficient (Wildman–Crippen LogP) is 2.44.